The fourth-order valence-electron chi connectivity index (χ4n) is 2.44. The highest BCUT2D eigenvalue weighted by atomic mass is 35.5. The van der Waals surface area contributed by atoms with Crippen LogP contribution in [0, 0.1) is 6.92 Å². The van der Waals surface area contributed by atoms with Crippen LogP contribution in [0.2, 0.25) is 10.0 Å². The molecule has 4 heteroatoms. The Morgan fingerprint density at radius 3 is 1.84 bits per heavy atom. The molecule has 0 aliphatic carbocycles. The van der Waals surface area contributed by atoms with Crippen LogP contribution in [-0.4, -0.2) is 0 Å². The lowest BCUT2D eigenvalue weighted by Gasteiger charge is -1.99. The van der Waals surface area contributed by atoms with Crippen LogP contribution in [0.1, 0.15) is 31.9 Å². The van der Waals surface area contributed by atoms with Gasteiger partial charge < -0.3 is 8.83 Å². The zero-order valence-electron chi connectivity index (χ0n) is 14.9. The molecule has 25 heavy (non-hydrogen) atoms. The van der Waals surface area contributed by atoms with Crippen molar-refractivity contribution in [1.82, 2.24) is 0 Å². The van der Waals surface area contributed by atoms with Gasteiger partial charge >= 0.3 is 0 Å². The van der Waals surface area contributed by atoms with Gasteiger partial charge in [0.2, 0.25) is 0 Å². The molecule has 2 aromatic heterocycles. The van der Waals surface area contributed by atoms with E-state index in [1.807, 2.05) is 57.2 Å². The second kappa shape index (κ2) is 8.98. The molecule has 0 spiro atoms. The van der Waals surface area contributed by atoms with E-state index in [4.69, 9.17) is 32.0 Å². The molecule has 2 nitrogen and oxygen atoms in total. The van der Waals surface area contributed by atoms with Crippen LogP contribution >= 0.6 is 23.2 Å². The van der Waals surface area contributed by atoms with Crippen molar-refractivity contribution in [2.45, 2.75) is 34.1 Å². The predicted molar refractivity (Wildman–Crippen MR) is 108 cm³/mol. The number of fused-ring (bicyclic) bond motifs is 2. The van der Waals surface area contributed by atoms with Gasteiger partial charge in [-0.15, -0.1) is 0 Å². The minimum absolute atomic E-state index is 0.788. The molecule has 132 valence electrons. The van der Waals surface area contributed by atoms with Crippen LogP contribution in [0.25, 0.3) is 21.9 Å². The summed E-state index contributed by atoms with van der Waals surface area (Å²) in [6.45, 7) is 8.07. The van der Waals surface area contributed by atoms with Crippen molar-refractivity contribution in [2.75, 3.05) is 0 Å². The molecular weight excluding hydrogens is 355 g/mol. The van der Waals surface area contributed by atoms with Gasteiger partial charge in [0.1, 0.15) is 11.2 Å². The summed E-state index contributed by atoms with van der Waals surface area (Å²) in [6, 6.07) is 11.6. The Labute approximate surface area is 158 Å². The highest BCUT2D eigenvalue weighted by molar-refractivity contribution is 6.36. The Morgan fingerprint density at radius 1 is 0.760 bits per heavy atom. The lowest BCUT2D eigenvalue weighted by molar-refractivity contribution is 0.615. The molecule has 0 N–H and O–H groups in total. The number of rotatable bonds is 1. The number of benzene rings is 2. The van der Waals surface area contributed by atoms with Gasteiger partial charge in [0.05, 0.1) is 22.6 Å². The summed E-state index contributed by atoms with van der Waals surface area (Å²) in [7, 11) is 0. The zero-order chi connectivity index (χ0) is 18.4. The molecule has 4 rings (SSSR count). The number of halogens is 2. The molecule has 0 bridgehead atoms. The molecule has 0 unspecified atom stereocenters. The zero-order valence-corrected chi connectivity index (χ0v) is 16.4. The van der Waals surface area contributed by atoms with Crippen molar-refractivity contribution in [3.05, 3.63) is 70.1 Å². The van der Waals surface area contributed by atoms with E-state index in [9.17, 15) is 0 Å². The number of furan rings is 2. The van der Waals surface area contributed by atoms with Gasteiger partial charge in [-0.2, -0.15) is 0 Å². The van der Waals surface area contributed by atoms with Gasteiger partial charge in [0.15, 0.2) is 0 Å². The first-order valence-corrected chi connectivity index (χ1v) is 9.14. The van der Waals surface area contributed by atoms with E-state index in [1.54, 1.807) is 12.5 Å². The normalized spacial score (nSPS) is 10.2. The first-order chi connectivity index (χ1) is 12.1. The molecule has 0 saturated heterocycles. The summed E-state index contributed by atoms with van der Waals surface area (Å²) in [5, 5.41) is 3.61. The molecule has 0 aliphatic rings. The Kier molecular flexibility index (Phi) is 6.98. The van der Waals surface area contributed by atoms with E-state index in [1.165, 1.54) is 5.56 Å². The predicted octanol–water partition coefficient (Wildman–Crippen LogP) is 8.07. The lowest BCUT2D eigenvalue weighted by Crippen LogP contribution is -1.80. The number of hydrogen-bond donors (Lipinski definition) is 0. The van der Waals surface area contributed by atoms with Crippen molar-refractivity contribution in [1.29, 1.82) is 0 Å². The fraction of sp³-hybridized carbons (Fsp3) is 0.238. The first-order valence-electron chi connectivity index (χ1n) is 8.38. The van der Waals surface area contributed by atoms with Gasteiger partial charge in [-0.3, -0.25) is 0 Å². The van der Waals surface area contributed by atoms with E-state index in [0.29, 0.717) is 0 Å². The quantitative estimate of drug-likeness (QED) is 0.335. The monoisotopic (exact) mass is 376 g/mol. The van der Waals surface area contributed by atoms with Crippen LogP contribution < -0.4 is 0 Å². The SMILES string of the molecule is CC.CCc1ccc2occc2c1Cl.Cc1ccc2occc2c1Cl. The van der Waals surface area contributed by atoms with Crippen LogP contribution in [0.4, 0.5) is 0 Å². The van der Waals surface area contributed by atoms with Crippen molar-refractivity contribution < 1.29 is 8.83 Å². The second-order valence-electron chi connectivity index (χ2n) is 5.25. The topological polar surface area (TPSA) is 26.3 Å². The third-order valence-corrected chi connectivity index (χ3v) is 4.74. The van der Waals surface area contributed by atoms with Crippen LogP contribution in [0.3, 0.4) is 0 Å². The van der Waals surface area contributed by atoms with Gasteiger partial charge in [0.25, 0.3) is 0 Å². The van der Waals surface area contributed by atoms with E-state index in [-0.39, 0.29) is 0 Å². The molecule has 0 amide bonds. The maximum atomic E-state index is 6.12. The van der Waals surface area contributed by atoms with E-state index in [0.717, 1.165) is 44.0 Å². The van der Waals surface area contributed by atoms with Crippen molar-refractivity contribution >= 4 is 45.1 Å². The summed E-state index contributed by atoms with van der Waals surface area (Å²) < 4.78 is 10.4. The Balaban J connectivity index is 0.000000165. The number of hydrogen-bond acceptors (Lipinski definition) is 2. The minimum atomic E-state index is 0.788. The molecule has 0 fully saturated rings. The highest BCUT2D eigenvalue weighted by Gasteiger charge is 2.05. The molecular formula is C21H22Cl2O2. The number of aryl methyl sites for hydroxylation is 2. The third kappa shape index (κ3) is 4.20. The van der Waals surface area contributed by atoms with Crippen molar-refractivity contribution in [3.63, 3.8) is 0 Å². The first kappa shape index (κ1) is 19.4. The van der Waals surface area contributed by atoms with Crippen molar-refractivity contribution in [3.8, 4) is 0 Å². The Morgan fingerprint density at radius 2 is 1.28 bits per heavy atom. The molecule has 2 aromatic carbocycles. The molecule has 0 saturated carbocycles. The summed E-state index contributed by atoms with van der Waals surface area (Å²) >= 11 is 12.1. The standard InChI is InChI=1S/C10H9ClO.C9H7ClO.C2H6/c1-2-7-3-4-9-8(10(7)11)5-6-12-9;1-6-2-3-8-7(9(6)10)4-5-11-8;1-2/h3-6H,2H2,1H3;2-5H,1H3;1-2H3. The van der Waals surface area contributed by atoms with Crippen molar-refractivity contribution in [2.24, 2.45) is 0 Å². The maximum absolute atomic E-state index is 6.12. The average Bonchev–Trinajstić information content (AvgIpc) is 3.31. The van der Waals surface area contributed by atoms with Gasteiger partial charge in [-0.25, -0.2) is 0 Å². The summed E-state index contributed by atoms with van der Waals surface area (Å²) in [6.07, 6.45) is 4.27. The average molecular weight is 377 g/mol. The molecule has 4 aromatic rings. The third-order valence-electron chi connectivity index (χ3n) is 3.79. The fourth-order valence-corrected chi connectivity index (χ4v) is 3.02. The molecule has 0 radical (unpaired) electrons. The summed E-state index contributed by atoms with van der Waals surface area (Å²) in [5.41, 5.74) is 3.96. The Hall–Kier alpha value is -1.90. The van der Waals surface area contributed by atoms with Gasteiger partial charge in [-0.1, -0.05) is 56.1 Å². The van der Waals surface area contributed by atoms with E-state index >= 15 is 0 Å². The largest absolute Gasteiger partial charge is 0.464 e. The molecule has 0 atom stereocenters. The van der Waals surface area contributed by atoms with Crippen LogP contribution in [0.15, 0.2) is 57.8 Å². The van der Waals surface area contributed by atoms with Gasteiger partial charge in [-0.05, 0) is 48.7 Å². The smallest absolute Gasteiger partial charge is 0.135 e. The van der Waals surface area contributed by atoms with E-state index in [2.05, 4.69) is 6.92 Å². The second-order valence-corrected chi connectivity index (χ2v) is 6.01. The van der Waals surface area contributed by atoms with Crippen LogP contribution in [0.5, 0.6) is 0 Å². The van der Waals surface area contributed by atoms with Gasteiger partial charge in [0, 0.05) is 10.8 Å². The highest BCUT2D eigenvalue weighted by Crippen LogP contribution is 2.28. The minimum Gasteiger partial charge on any atom is -0.464 e. The molecule has 2 heterocycles. The summed E-state index contributed by atoms with van der Waals surface area (Å²) in [4.78, 5) is 0. The van der Waals surface area contributed by atoms with Crippen LogP contribution in [-0.2, 0) is 6.42 Å². The van der Waals surface area contributed by atoms with E-state index < -0.39 is 0 Å². The summed E-state index contributed by atoms with van der Waals surface area (Å²) in [5.74, 6) is 0. The Bertz CT molecular complexity index is 951. The molecule has 0 aliphatic heterocycles. The lowest BCUT2D eigenvalue weighted by atomic mass is 10.1. The maximum Gasteiger partial charge on any atom is 0.135 e.